The van der Waals surface area contributed by atoms with Gasteiger partial charge in [-0.3, -0.25) is 4.90 Å². The molecule has 9 nitrogen and oxygen atoms in total. The van der Waals surface area contributed by atoms with Crippen molar-refractivity contribution < 1.29 is 8.42 Å². The molecule has 0 atom stereocenters. The summed E-state index contributed by atoms with van der Waals surface area (Å²) in [6.45, 7) is 12.7. The normalized spacial score (nSPS) is 15.2. The van der Waals surface area contributed by atoms with Crippen LogP contribution in [0.5, 0.6) is 0 Å². The second-order valence-corrected chi connectivity index (χ2v) is 12.5. The number of hydrogen-bond acceptors (Lipinski definition) is 7. The summed E-state index contributed by atoms with van der Waals surface area (Å²) in [7, 11) is -3.60. The van der Waals surface area contributed by atoms with Crippen LogP contribution in [0.4, 0.5) is 11.6 Å². The number of aromatic nitrogens is 3. The number of piperazine rings is 1. The third kappa shape index (κ3) is 6.05. The van der Waals surface area contributed by atoms with Gasteiger partial charge < -0.3 is 15.2 Å². The quantitative estimate of drug-likeness (QED) is 0.330. The van der Waals surface area contributed by atoms with Crippen LogP contribution in [-0.4, -0.2) is 59.6 Å². The number of benzene rings is 2. The second-order valence-electron chi connectivity index (χ2n) is 10.8. The Bertz CT molecular complexity index is 1530. The van der Waals surface area contributed by atoms with Crippen molar-refractivity contribution in [3.05, 3.63) is 72.1 Å². The number of fused-ring (bicyclic) bond motifs is 1. The molecule has 5 rings (SSSR count). The van der Waals surface area contributed by atoms with Crippen molar-refractivity contribution >= 4 is 32.7 Å². The van der Waals surface area contributed by atoms with Crippen molar-refractivity contribution in [1.29, 1.82) is 0 Å². The van der Waals surface area contributed by atoms with Crippen LogP contribution < -0.4 is 15.4 Å². The van der Waals surface area contributed by atoms with E-state index in [9.17, 15) is 8.42 Å². The highest BCUT2D eigenvalue weighted by molar-refractivity contribution is 7.89. The van der Waals surface area contributed by atoms with E-state index in [4.69, 9.17) is 4.98 Å². The third-order valence-electron chi connectivity index (χ3n) is 6.50. The minimum atomic E-state index is -3.60. The van der Waals surface area contributed by atoms with Gasteiger partial charge in [0.15, 0.2) is 0 Å². The number of aryl methyl sites for hydroxylation is 1. The number of nitrogens with zero attached hydrogens (tertiary/aromatic N) is 4. The molecule has 3 N–H and O–H groups in total. The topological polar surface area (TPSA) is 104 Å². The number of nitrogens with one attached hydrogen (secondary N) is 3. The van der Waals surface area contributed by atoms with Gasteiger partial charge in [0.05, 0.1) is 4.90 Å². The lowest BCUT2D eigenvalue weighted by molar-refractivity contribution is 0.233. The molecule has 1 fully saturated rings. The Kier molecular flexibility index (Phi) is 7.23. The maximum atomic E-state index is 12.7. The Balaban J connectivity index is 1.37. The number of hydrogen-bond donors (Lipinski definition) is 3. The van der Waals surface area contributed by atoms with Gasteiger partial charge in [-0.25, -0.2) is 18.1 Å². The van der Waals surface area contributed by atoms with Gasteiger partial charge >= 0.3 is 0 Å². The monoisotopic (exact) mass is 533 g/mol. The van der Waals surface area contributed by atoms with E-state index < -0.39 is 15.6 Å². The lowest BCUT2D eigenvalue weighted by atomic mass is 10.1. The standard InChI is InChI=1S/C28H35N7O2S/c1-20-5-6-23(17-22(20)19-34-15-12-29-13-16-34)31-27-30-18-21-11-14-35(26(21)32-27)24-7-9-25(10-8-24)38(36,37)33-28(2,3)4/h5-11,14,17-18,29,33H,12-13,15-16,19H2,1-4H3,(H,30,31,32). The molecule has 0 spiro atoms. The first-order valence-corrected chi connectivity index (χ1v) is 14.3. The predicted octanol–water partition coefficient (Wildman–Crippen LogP) is 3.95. The minimum absolute atomic E-state index is 0.223. The second kappa shape index (κ2) is 10.5. The van der Waals surface area contributed by atoms with E-state index in [0.29, 0.717) is 5.95 Å². The molecule has 0 unspecified atom stereocenters. The molecule has 2 aromatic carbocycles. The van der Waals surface area contributed by atoms with E-state index in [0.717, 1.165) is 55.1 Å². The van der Waals surface area contributed by atoms with Crippen molar-refractivity contribution in [3.63, 3.8) is 0 Å². The smallest absolute Gasteiger partial charge is 0.241 e. The molecule has 3 heterocycles. The van der Waals surface area contributed by atoms with Crippen molar-refractivity contribution in [2.75, 3.05) is 31.5 Å². The summed E-state index contributed by atoms with van der Waals surface area (Å²) in [5.74, 6) is 0.503. The third-order valence-corrected chi connectivity index (χ3v) is 8.28. The molecule has 200 valence electrons. The van der Waals surface area contributed by atoms with Crippen LogP contribution in [0.15, 0.2) is 65.8 Å². The first-order chi connectivity index (χ1) is 18.1. The molecular weight excluding hydrogens is 498 g/mol. The largest absolute Gasteiger partial charge is 0.324 e. The van der Waals surface area contributed by atoms with Gasteiger partial charge in [-0.05, 0) is 81.3 Å². The molecule has 0 radical (unpaired) electrons. The van der Waals surface area contributed by atoms with Crippen LogP contribution in [0, 0.1) is 6.92 Å². The van der Waals surface area contributed by atoms with Gasteiger partial charge in [0.25, 0.3) is 0 Å². The Morgan fingerprint density at radius 2 is 1.76 bits per heavy atom. The van der Waals surface area contributed by atoms with E-state index in [1.54, 1.807) is 30.5 Å². The fourth-order valence-corrected chi connectivity index (χ4v) is 6.01. The first kappa shape index (κ1) is 26.3. The van der Waals surface area contributed by atoms with Gasteiger partial charge in [0.2, 0.25) is 16.0 Å². The minimum Gasteiger partial charge on any atom is -0.324 e. The zero-order valence-electron chi connectivity index (χ0n) is 22.3. The predicted molar refractivity (Wildman–Crippen MR) is 152 cm³/mol. The summed E-state index contributed by atoms with van der Waals surface area (Å²) in [5, 5.41) is 7.66. The highest BCUT2D eigenvalue weighted by atomic mass is 32.2. The fraction of sp³-hybridized carbons (Fsp3) is 0.357. The molecule has 4 aromatic rings. The summed E-state index contributed by atoms with van der Waals surface area (Å²) in [6, 6.07) is 15.1. The molecule has 0 amide bonds. The SMILES string of the molecule is Cc1ccc(Nc2ncc3ccn(-c4ccc(S(=O)(=O)NC(C)(C)C)cc4)c3n2)cc1CN1CCNCC1. The van der Waals surface area contributed by atoms with E-state index in [1.165, 1.54) is 11.1 Å². The number of rotatable bonds is 7. The Labute approximate surface area is 224 Å². The summed E-state index contributed by atoms with van der Waals surface area (Å²) >= 11 is 0. The molecule has 1 aliphatic rings. The van der Waals surface area contributed by atoms with Gasteiger partial charge in [-0.15, -0.1) is 0 Å². The van der Waals surface area contributed by atoms with Crippen LogP contribution in [0.1, 0.15) is 31.9 Å². The Hall–Kier alpha value is -3.31. The van der Waals surface area contributed by atoms with Crippen molar-refractivity contribution in [3.8, 4) is 5.69 Å². The summed E-state index contributed by atoms with van der Waals surface area (Å²) in [5.41, 5.74) is 4.49. The van der Waals surface area contributed by atoms with Crippen molar-refractivity contribution in [2.45, 2.75) is 44.7 Å². The Morgan fingerprint density at radius 3 is 2.47 bits per heavy atom. The molecule has 38 heavy (non-hydrogen) atoms. The molecule has 0 aliphatic carbocycles. The molecule has 2 aromatic heterocycles. The van der Waals surface area contributed by atoms with Crippen molar-refractivity contribution in [2.24, 2.45) is 0 Å². The van der Waals surface area contributed by atoms with Gasteiger partial charge in [0.1, 0.15) is 5.65 Å². The summed E-state index contributed by atoms with van der Waals surface area (Å²) in [6.07, 6.45) is 3.71. The molecule has 0 saturated carbocycles. The van der Waals surface area contributed by atoms with E-state index >= 15 is 0 Å². The van der Waals surface area contributed by atoms with Gasteiger partial charge in [-0.1, -0.05) is 6.07 Å². The summed E-state index contributed by atoms with van der Waals surface area (Å²) in [4.78, 5) is 12.0. The fourth-order valence-electron chi connectivity index (χ4n) is 4.59. The van der Waals surface area contributed by atoms with E-state index in [2.05, 4.69) is 44.3 Å². The van der Waals surface area contributed by atoms with Crippen LogP contribution in [-0.2, 0) is 16.6 Å². The van der Waals surface area contributed by atoms with Crippen LogP contribution >= 0.6 is 0 Å². The van der Waals surface area contributed by atoms with Crippen LogP contribution in [0.25, 0.3) is 16.7 Å². The highest BCUT2D eigenvalue weighted by Gasteiger charge is 2.22. The zero-order chi connectivity index (χ0) is 26.9. The number of anilines is 2. The molecule has 10 heteroatoms. The maximum absolute atomic E-state index is 12.7. The Morgan fingerprint density at radius 1 is 1.03 bits per heavy atom. The van der Waals surface area contributed by atoms with Gasteiger partial charge in [-0.2, -0.15) is 4.98 Å². The average molecular weight is 534 g/mol. The van der Waals surface area contributed by atoms with E-state index in [1.807, 2.05) is 43.7 Å². The average Bonchev–Trinajstić information content (AvgIpc) is 3.29. The summed E-state index contributed by atoms with van der Waals surface area (Å²) < 4.78 is 30.0. The van der Waals surface area contributed by atoms with Crippen LogP contribution in [0.3, 0.4) is 0 Å². The van der Waals surface area contributed by atoms with Crippen LogP contribution in [0.2, 0.25) is 0 Å². The highest BCUT2D eigenvalue weighted by Crippen LogP contribution is 2.24. The first-order valence-electron chi connectivity index (χ1n) is 12.9. The van der Waals surface area contributed by atoms with E-state index in [-0.39, 0.29) is 4.90 Å². The lowest BCUT2D eigenvalue weighted by Crippen LogP contribution is -2.43. The van der Waals surface area contributed by atoms with Gasteiger partial charge in [0, 0.05) is 67.4 Å². The molecule has 1 saturated heterocycles. The maximum Gasteiger partial charge on any atom is 0.241 e. The molecular formula is C28H35N7O2S. The lowest BCUT2D eigenvalue weighted by Gasteiger charge is -2.28. The zero-order valence-corrected chi connectivity index (χ0v) is 23.1. The number of sulfonamides is 1. The van der Waals surface area contributed by atoms with Crippen molar-refractivity contribution in [1.82, 2.24) is 29.5 Å². The molecule has 1 aliphatic heterocycles. The molecule has 0 bridgehead atoms.